The molecule has 4 nitrogen and oxygen atoms in total. The van der Waals surface area contributed by atoms with E-state index in [0.717, 1.165) is 27.6 Å². The maximum atomic E-state index is 6.64. The van der Waals surface area contributed by atoms with Gasteiger partial charge in [0.1, 0.15) is 17.3 Å². The number of allylic oxidation sites excluding steroid dienone is 2. The molecule has 0 radical (unpaired) electrons. The number of benzene rings is 6. The van der Waals surface area contributed by atoms with Crippen LogP contribution in [0, 0.1) is 0 Å². The lowest BCUT2D eigenvalue weighted by Gasteiger charge is -2.32. The van der Waals surface area contributed by atoms with Gasteiger partial charge in [-0.3, -0.25) is 0 Å². The first-order chi connectivity index (χ1) is 22.9. The third-order valence-electron chi connectivity index (χ3n) is 10.0. The summed E-state index contributed by atoms with van der Waals surface area (Å²) >= 11 is 0. The average molecular weight is 589 g/mol. The molecule has 8 aromatic rings. The number of fused-ring (bicyclic) bond motifs is 12. The van der Waals surface area contributed by atoms with Gasteiger partial charge in [0, 0.05) is 51.4 Å². The van der Waals surface area contributed by atoms with Crippen LogP contribution in [-0.4, -0.2) is 16.3 Å². The summed E-state index contributed by atoms with van der Waals surface area (Å²) < 4.78 is 11.5. The van der Waals surface area contributed by atoms with Crippen molar-refractivity contribution in [1.82, 2.24) is 9.14 Å². The lowest BCUT2D eigenvalue weighted by Crippen LogP contribution is -2.43. The third-order valence-corrected chi connectivity index (χ3v) is 10.0. The number of hydrogen-bond acceptors (Lipinski definition) is 2. The van der Waals surface area contributed by atoms with Crippen LogP contribution in [0.15, 0.2) is 156 Å². The van der Waals surface area contributed by atoms with E-state index in [-0.39, 0.29) is 6.04 Å². The van der Waals surface area contributed by atoms with Crippen molar-refractivity contribution >= 4 is 77.8 Å². The fourth-order valence-corrected chi connectivity index (χ4v) is 8.24. The van der Waals surface area contributed by atoms with Gasteiger partial charge in [-0.15, -0.1) is 0 Å². The molecule has 0 saturated carbocycles. The topological polar surface area (TPSA) is 24.3 Å². The zero-order chi connectivity index (χ0) is 29.9. The van der Waals surface area contributed by atoms with E-state index in [1.54, 1.807) is 0 Å². The van der Waals surface area contributed by atoms with Crippen LogP contribution in [0.4, 0.5) is 22.7 Å². The number of para-hydroxylation sites is 6. The third kappa shape index (κ3) is 2.96. The van der Waals surface area contributed by atoms with Crippen molar-refractivity contribution in [3.05, 3.63) is 157 Å². The first-order valence-electron chi connectivity index (χ1n) is 15.8. The molecule has 1 atom stereocenters. The highest BCUT2D eigenvalue weighted by Gasteiger charge is 2.49. The summed E-state index contributed by atoms with van der Waals surface area (Å²) in [6, 6.07) is 47.9. The van der Waals surface area contributed by atoms with Gasteiger partial charge in [-0.1, -0.05) is 97.1 Å². The molecule has 1 unspecified atom stereocenters. The summed E-state index contributed by atoms with van der Waals surface area (Å²) in [5.41, 5.74) is 13.9. The van der Waals surface area contributed by atoms with E-state index in [9.17, 15) is 0 Å². The Balaban J connectivity index is 1.28. The number of aromatic nitrogens is 1. The van der Waals surface area contributed by atoms with E-state index >= 15 is 0 Å². The molecule has 4 heterocycles. The van der Waals surface area contributed by atoms with Crippen LogP contribution < -0.4 is 9.48 Å². The first-order valence-corrected chi connectivity index (χ1v) is 15.8. The minimum Gasteiger partial charge on any atom is -0.454 e. The van der Waals surface area contributed by atoms with E-state index in [2.05, 4.69) is 160 Å². The number of furan rings is 1. The fraction of sp³-hybridized carbons (Fsp3) is 0.0238. The molecule has 2 aromatic heterocycles. The molecule has 0 bridgehead atoms. The molecule has 4 heteroatoms. The predicted molar refractivity (Wildman–Crippen MR) is 190 cm³/mol. The molecule has 0 amide bonds. The molecule has 0 saturated heterocycles. The molecule has 1 aliphatic carbocycles. The van der Waals surface area contributed by atoms with Crippen LogP contribution >= 0.6 is 0 Å². The Kier molecular flexibility index (Phi) is 4.60. The van der Waals surface area contributed by atoms with Crippen molar-refractivity contribution < 1.29 is 4.42 Å². The van der Waals surface area contributed by atoms with Crippen LogP contribution in [-0.2, 0) is 0 Å². The van der Waals surface area contributed by atoms with E-state index < -0.39 is 0 Å². The Bertz CT molecular complexity index is 2700. The summed E-state index contributed by atoms with van der Waals surface area (Å²) in [4.78, 5) is 2.55. The van der Waals surface area contributed by atoms with E-state index in [0.29, 0.717) is 0 Å². The first kappa shape index (κ1) is 24.2. The standard InChI is InChI=1S/C42H26N3O/c1-2-12-26(13-3-1)43-33-19-7-8-20-34(33)45-35-25-24-29-27-14-4-6-18-32(27)44(41(29)39(35)31-17-11-21-36(43)40(31)45)37-22-10-16-30-28-15-5-9-23-38(28)46-42(30)37/h1-25,40H/q+1. The van der Waals surface area contributed by atoms with Gasteiger partial charge in [-0.2, -0.15) is 4.58 Å². The minimum absolute atomic E-state index is 0.0501. The molecule has 0 fully saturated rings. The molecular weight excluding hydrogens is 562 g/mol. The van der Waals surface area contributed by atoms with Crippen LogP contribution in [0.1, 0.15) is 5.56 Å². The van der Waals surface area contributed by atoms with Crippen molar-refractivity contribution in [3.63, 3.8) is 0 Å². The van der Waals surface area contributed by atoms with Gasteiger partial charge in [0.05, 0.1) is 22.4 Å². The lowest BCUT2D eigenvalue weighted by atomic mass is 9.91. The maximum Gasteiger partial charge on any atom is 0.235 e. The van der Waals surface area contributed by atoms with Crippen molar-refractivity contribution in [3.8, 4) is 5.69 Å². The Morgan fingerprint density at radius 1 is 0.587 bits per heavy atom. The van der Waals surface area contributed by atoms with Gasteiger partial charge in [-0.05, 0) is 35.9 Å². The monoisotopic (exact) mass is 588 g/mol. The quantitative estimate of drug-likeness (QED) is 0.188. The number of nitrogens with zero attached hydrogens (tertiary/aromatic N) is 3. The summed E-state index contributed by atoms with van der Waals surface area (Å²) in [7, 11) is 0. The second-order valence-corrected chi connectivity index (χ2v) is 12.3. The molecule has 0 spiro atoms. The van der Waals surface area contributed by atoms with E-state index in [1.807, 2.05) is 6.07 Å². The highest BCUT2D eigenvalue weighted by Crippen LogP contribution is 2.55. The van der Waals surface area contributed by atoms with Crippen molar-refractivity contribution in [2.75, 3.05) is 4.90 Å². The number of rotatable bonds is 2. The van der Waals surface area contributed by atoms with Gasteiger partial charge in [0.25, 0.3) is 0 Å². The molecule has 11 rings (SSSR count). The Morgan fingerprint density at radius 3 is 2.28 bits per heavy atom. The Morgan fingerprint density at radius 2 is 1.35 bits per heavy atom. The molecule has 2 aliphatic heterocycles. The molecule has 3 aliphatic rings. The summed E-state index contributed by atoms with van der Waals surface area (Å²) in [6.07, 6.45) is 6.84. The minimum atomic E-state index is 0.0501. The van der Waals surface area contributed by atoms with Crippen LogP contribution in [0.25, 0.3) is 55.0 Å². The summed E-state index contributed by atoms with van der Waals surface area (Å²) in [5.74, 6) is 0. The zero-order valence-electron chi connectivity index (χ0n) is 24.8. The molecule has 6 aromatic carbocycles. The molecule has 0 N–H and O–H groups in total. The Labute approximate surface area is 264 Å². The van der Waals surface area contributed by atoms with Gasteiger partial charge < -0.3 is 13.9 Å². The zero-order valence-corrected chi connectivity index (χ0v) is 24.8. The van der Waals surface area contributed by atoms with E-state index in [4.69, 9.17) is 4.42 Å². The van der Waals surface area contributed by atoms with Gasteiger partial charge in [-0.25, -0.2) is 0 Å². The molecular formula is C42H26N3O+. The number of anilines is 2. The maximum absolute atomic E-state index is 6.64. The highest BCUT2D eigenvalue weighted by molar-refractivity contribution is 6.25. The molecule has 214 valence electrons. The molecule has 46 heavy (non-hydrogen) atoms. The van der Waals surface area contributed by atoms with Crippen LogP contribution in [0.5, 0.6) is 0 Å². The highest BCUT2D eigenvalue weighted by atomic mass is 16.3. The predicted octanol–water partition coefficient (Wildman–Crippen LogP) is 10.4. The summed E-state index contributed by atoms with van der Waals surface area (Å²) in [6.45, 7) is 0. The SMILES string of the molecule is C1=CC2=[N+](c3ccccc3)c3ccccc3N3c4ccc5c6ccccc6n(-c6cccc7c6oc6ccccc67)c5c4C(=C1)C23. The van der Waals surface area contributed by atoms with Crippen LogP contribution in [0.3, 0.4) is 0 Å². The number of hydrogen-bond donors (Lipinski definition) is 0. The second kappa shape index (κ2) is 8.74. The average Bonchev–Trinajstić information content (AvgIpc) is 3.78. The van der Waals surface area contributed by atoms with Crippen molar-refractivity contribution in [1.29, 1.82) is 0 Å². The fourth-order valence-electron chi connectivity index (χ4n) is 8.24. The summed E-state index contributed by atoms with van der Waals surface area (Å²) in [5, 5.41) is 4.75. The van der Waals surface area contributed by atoms with Crippen molar-refractivity contribution in [2.24, 2.45) is 0 Å². The van der Waals surface area contributed by atoms with Crippen LogP contribution in [0.2, 0.25) is 0 Å². The normalized spacial score (nSPS) is 16.4. The van der Waals surface area contributed by atoms with Gasteiger partial charge >= 0.3 is 0 Å². The van der Waals surface area contributed by atoms with E-state index in [1.165, 1.54) is 61.4 Å². The van der Waals surface area contributed by atoms with Gasteiger partial charge in [0.2, 0.25) is 17.1 Å². The van der Waals surface area contributed by atoms with Crippen molar-refractivity contribution in [2.45, 2.75) is 6.04 Å². The lowest BCUT2D eigenvalue weighted by molar-refractivity contribution is 0.666. The smallest absolute Gasteiger partial charge is 0.235 e. The van der Waals surface area contributed by atoms with Gasteiger partial charge in [0.15, 0.2) is 5.58 Å². The largest absolute Gasteiger partial charge is 0.454 e. The second-order valence-electron chi connectivity index (χ2n) is 12.3. The Hall–Kier alpha value is -6.13.